The van der Waals surface area contributed by atoms with Crippen LogP contribution >= 0.6 is 0 Å². The molecular formula is C16H24O6. The summed E-state index contributed by atoms with van der Waals surface area (Å²) in [6, 6.07) is 0. The molecule has 3 rings (SSSR count). The Balaban J connectivity index is 1.49. The highest BCUT2D eigenvalue weighted by Crippen LogP contribution is 2.49. The minimum atomic E-state index is -1.03. The molecule has 0 spiro atoms. The summed E-state index contributed by atoms with van der Waals surface area (Å²) < 4.78 is 11.0. The predicted molar refractivity (Wildman–Crippen MR) is 76.1 cm³/mol. The average molecular weight is 312 g/mol. The highest BCUT2D eigenvalue weighted by Gasteiger charge is 2.55. The Morgan fingerprint density at radius 2 is 2.00 bits per heavy atom. The Morgan fingerprint density at radius 3 is 2.68 bits per heavy atom. The standard InChI is InChI=1S/C16H24O6/c1-16-5-4-9(6-13(16)22-16)8-21-15(20)11-3-2-10(17)7-12(11)14(18)19/h9-13,17H,2-8H2,1H3,(H,18,19). The number of rotatable bonds is 4. The van der Waals surface area contributed by atoms with Crippen molar-refractivity contribution in [3.8, 4) is 0 Å². The van der Waals surface area contributed by atoms with E-state index >= 15 is 0 Å². The lowest BCUT2D eigenvalue weighted by atomic mass is 9.78. The van der Waals surface area contributed by atoms with Crippen LogP contribution in [0.3, 0.4) is 0 Å². The second-order valence-corrected chi connectivity index (χ2v) is 7.21. The fourth-order valence-corrected chi connectivity index (χ4v) is 3.88. The molecule has 0 aromatic rings. The number of hydrogen-bond acceptors (Lipinski definition) is 5. The molecule has 2 N–H and O–H groups in total. The average Bonchev–Trinajstić information content (AvgIpc) is 3.15. The number of aliphatic carboxylic acids is 1. The lowest BCUT2D eigenvalue weighted by molar-refractivity contribution is -0.162. The molecular weight excluding hydrogens is 288 g/mol. The van der Waals surface area contributed by atoms with Crippen LogP contribution in [0.4, 0.5) is 0 Å². The molecule has 6 unspecified atom stereocenters. The number of fused-ring (bicyclic) bond motifs is 1. The van der Waals surface area contributed by atoms with Gasteiger partial charge in [-0.05, 0) is 51.4 Å². The van der Waals surface area contributed by atoms with Crippen LogP contribution in [-0.4, -0.2) is 46.6 Å². The molecule has 2 aliphatic carbocycles. The van der Waals surface area contributed by atoms with E-state index in [0.717, 1.165) is 19.3 Å². The fourth-order valence-electron chi connectivity index (χ4n) is 3.88. The molecule has 0 radical (unpaired) electrons. The van der Waals surface area contributed by atoms with Crippen LogP contribution in [-0.2, 0) is 19.1 Å². The van der Waals surface area contributed by atoms with E-state index in [9.17, 15) is 19.8 Å². The largest absolute Gasteiger partial charge is 0.481 e. The molecule has 124 valence electrons. The Hall–Kier alpha value is -1.14. The van der Waals surface area contributed by atoms with Gasteiger partial charge in [0.15, 0.2) is 0 Å². The zero-order valence-electron chi connectivity index (χ0n) is 12.9. The Labute approximate surface area is 129 Å². The highest BCUT2D eigenvalue weighted by atomic mass is 16.6. The normalized spacial score (nSPS) is 44.0. The van der Waals surface area contributed by atoms with Crippen LogP contribution < -0.4 is 0 Å². The molecule has 1 saturated heterocycles. The van der Waals surface area contributed by atoms with Crippen molar-refractivity contribution in [1.29, 1.82) is 0 Å². The van der Waals surface area contributed by atoms with Gasteiger partial charge in [-0.1, -0.05) is 0 Å². The smallest absolute Gasteiger partial charge is 0.309 e. The Morgan fingerprint density at radius 1 is 1.23 bits per heavy atom. The van der Waals surface area contributed by atoms with Crippen molar-refractivity contribution >= 4 is 11.9 Å². The van der Waals surface area contributed by atoms with Gasteiger partial charge < -0.3 is 19.7 Å². The molecule has 1 aliphatic heterocycles. The van der Waals surface area contributed by atoms with Crippen molar-refractivity contribution in [2.45, 2.75) is 63.3 Å². The van der Waals surface area contributed by atoms with Crippen LogP contribution in [0, 0.1) is 17.8 Å². The molecule has 0 aromatic heterocycles. The summed E-state index contributed by atoms with van der Waals surface area (Å²) in [4.78, 5) is 23.5. The first-order valence-corrected chi connectivity index (χ1v) is 8.14. The molecule has 22 heavy (non-hydrogen) atoms. The van der Waals surface area contributed by atoms with Gasteiger partial charge in [-0.2, -0.15) is 0 Å². The second-order valence-electron chi connectivity index (χ2n) is 7.21. The molecule has 1 heterocycles. The maximum absolute atomic E-state index is 12.2. The van der Waals surface area contributed by atoms with Crippen molar-refractivity contribution in [2.75, 3.05) is 6.61 Å². The maximum Gasteiger partial charge on any atom is 0.309 e. The number of ether oxygens (including phenoxy) is 2. The number of esters is 1. The van der Waals surface area contributed by atoms with E-state index in [1.165, 1.54) is 0 Å². The van der Waals surface area contributed by atoms with E-state index in [2.05, 4.69) is 6.92 Å². The first kappa shape index (κ1) is 15.7. The SMILES string of the molecule is CC12CCC(COC(=O)C3CCC(O)CC3C(=O)O)CC1O2. The number of epoxide rings is 1. The van der Waals surface area contributed by atoms with Crippen LogP contribution in [0.25, 0.3) is 0 Å². The summed E-state index contributed by atoms with van der Waals surface area (Å²) >= 11 is 0. The minimum Gasteiger partial charge on any atom is -0.481 e. The number of aliphatic hydroxyl groups excluding tert-OH is 1. The van der Waals surface area contributed by atoms with Crippen LogP contribution in [0.15, 0.2) is 0 Å². The number of carboxylic acid groups (broad SMARTS) is 1. The number of hydrogen-bond donors (Lipinski definition) is 2. The first-order valence-electron chi connectivity index (χ1n) is 8.14. The molecule has 3 fully saturated rings. The molecule has 0 bridgehead atoms. The van der Waals surface area contributed by atoms with Crippen LogP contribution in [0.2, 0.25) is 0 Å². The summed E-state index contributed by atoms with van der Waals surface area (Å²) in [5, 5.41) is 18.8. The third kappa shape index (κ3) is 3.13. The first-order chi connectivity index (χ1) is 10.4. The third-order valence-corrected chi connectivity index (χ3v) is 5.54. The lowest BCUT2D eigenvalue weighted by Crippen LogP contribution is -2.39. The third-order valence-electron chi connectivity index (χ3n) is 5.54. The van der Waals surface area contributed by atoms with Crippen molar-refractivity contribution in [3.05, 3.63) is 0 Å². The van der Waals surface area contributed by atoms with E-state index in [-0.39, 0.29) is 12.0 Å². The highest BCUT2D eigenvalue weighted by molar-refractivity contribution is 5.81. The van der Waals surface area contributed by atoms with Gasteiger partial charge in [0.05, 0.1) is 36.3 Å². The van der Waals surface area contributed by atoms with Gasteiger partial charge >= 0.3 is 11.9 Å². The second kappa shape index (κ2) is 5.81. The predicted octanol–water partition coefficient (Wildman–Crippen LogP) is 1.35. The van der Waals surface area contributed by atoms with Crippen LogP contribution in [0.5, 0.6) is 0 Å². The summed E-state index contributed by atoms with van der Waals surface area (Å²) in [6.45, 7) is 2.46. The van der Waals surface area contributed by atoms with Gasteiger partial charge in [-0.25, -0.2) is 0 Å². The number of carbonyl (C=O) groups excluding carboxylic acids is 1. The Kier molecular flexibility index (Phi) is 4.16. The summed E-state index contributed by atoms with van der Waals surface area (Å²) in [6.07, 6.45) is 3.52. The van der Waals surface area contributed by atoms with Crippen molar-refractivity contribution < 1.29 is 29.3 Å². The van der Waals surface area contributed by atoms with E-state index in [1.807, 2.05) is 0 Å². The summed E-state index contributed by atoms with van der Waals surface area (Å²) in [7, 11) is 0. The fraction of sp³-hybridized carbons (Fsp3) is 0.875. The van der Waals surface area contributed by atoms with E-state index < -0.39 is 29.9 Å². The van der Waals surface area contributed by atoms with Crippen molar-refractivity contribution in [1.82, 2.24) is 0 Å². The van der Waals surface area contributed by atoms with Gasteiger partial charge in [-0.3, -0.25) is 9.59 Å². The van der Waals surface area contributed by atoms with Gasteiger partial charge in [0.1, 0.15) is 0 Å². The van der Waals surface area contributed by atoms with E-state index in [4.69, 9.17) is 9.47 Å². The Bertz CT molecular complexity index is 464. The van der Waals surface area contributed by atoms with Gasteiger partial charge in [0, 0.05) is 0 Å². The van der Waals surface area contributed by atoms with Gasteiger partial charge in [0.25, 0.3) is 0 Å². The number of carbonyl (C=O) groups is 2. The maximum atomic E-state index is 12.2. The molecule has 0 amide bonds. The van der Waals surface area contributed by atoms with Crippen LogP contribution in [0.1, 0.15) is 45.4 Å². The lowest BCUT2D eigenvalue weighted by Gasteiger charge is -2.30. The van der Waals surface area contributed by atoms with Gasteiger partial charge in [0.2, 0.25) is 0 Å². The molecule has 6 atom stereocenters. The monoisotopic (exact) mass is 312 g/mol. The molecule has 3 aliphatic rings. The minimum absolute atomic E-state index is 0.0500. The topological polar surface area (TPSA) is 96.4 Å². The quantitative estimate of drug-likeness (QED) is 0.601. The molecule has 2 saturated carbocycles. The zero-order chi connectivity index (χ0) is 15.9. The van der Waals surface area contributed by atoms with Crippen molar-refractivity contribution in [2.24, 2.45) is 17.8 Å². The van der Waals surface area contributed by atoms with Gasteiger partial charge in [-0.15, -0.1) is 0 Å². The summed E-state index contributed by atoms with van der Waals surface area (Å²) in [5.41, 5.74) is 0.0500. The number of aliphatic hydroxyl groups is 1. The van der Waals surface area contributed by atoms with E-state index in [0.29, 0.717) is 31.5 Å². The van der Waals surface area contributed by atoms with E-state index in [1.54, 1.807) is 0 Å². The number of carboxylic acids is 1. The van der Waals surface area contributed by atoms with Crippen molar-refractivity contribution in [3.63, 3.8) is 0 Å². The molecule has 6 nitrogen and oxygen atoms in total. The zero-order valence-corrected chi connectivity index (χ0v) is 12.9. The molecule has 6 heteroatoms. The summed E-state index contributed by atoms with van der Waals surface area (Å²) in [5.74, 6) is -2.61. The molecule has 0 aromatic carbocycles.